The van der Waals surface area contributed by atoms with Crippen molar-refractivity contribution < 1.29 is 13.2 Å². The minimum atomic E-state index is -3.53. The molecule has 0 fully saturated rings. The number of nitrogens with one attached hydrogen (secondary N) is 2. The maximum absolute atomic E-state index is 11.5. The molecule has 2 N–H and O–H groups in total. The standard InChI is InChI=1S/C11H15ClN2O3S/c1-8(2)11(15)13-9-4-3-5-10(6-9)14-18(16,17)7-12/h3-6,8,14H,7H2,1-2H3,(H,13,15). The van der Waals surface area contributed by atoms with E-state index in [1.807, 2.05) is 0 Å². The zero-order chi connectivity index (χ0) is 13.8. The number of amides is 1. The van der Waals surface area contributed by atoms with Gasteiger partial charge < -0.3 is 5.32 Å². The molecule has 1 aromatic rings. The number of halogens is 1. The molecule has 0 saturated carbocycles. The average Bonchev–Trinajstić information content (AvgIpc) is 2.28. The van der Waals surface area contributed by atoms with Crippen LogP contribution in [0.25, 0.3) is 0 Å². The molecule has 0 heterocycles. The van der Waals surface area contributed by atoms with Gasteiger partial charge in [0.15, 0.2) is 0 Å². The second-order valence-corrected chi connectivity index (χ2v) is 6.36. The number of rotatable bonds is 5. The summed E-state index contributed by atoms with van der Waals surface area (Å²) in [4.78, 5) is 11.5. The summed E-state index contributed by atoms with van der Waals surface area (Å²) >= 11 is 5.29. The fourth-order valence-corrected chi connectivity index (χ4v) is 1.86. The second kappa shape index (κ2) is 6.06. The Bertz CT molecular complexity index is 529. The molecule has 0 aliphatic rings. The van der Waals surface area contributed by atoms with Gasteiger partial charge in [-0.05, 0) is 18.2 Å². The summed E-state index contributed by atoms with van der Waals surface area (Å²) in [7, 11) is -3.53. The van der Waals surface area contributed by atoms with Crippen LogP contribution in [0.2, 0.25) is 0 Å². The number of alkyl halides is 1. The van der Waals surface area contributed by atoms with E-state index in [1.54, 1.807) is 32.0 Å². The Morgan fingerprint density at radius 1 is 1.33 bits per heavy atom. The fraction of sp³-hybridized carbons (Fsp3) is 0.364. The summed E-state index contributed by atoms with van der Waals surface area (Å²) in [6.45, 7) is 3.55. The van der Waals surface area contributed by atoms with Gasteiger partial charge in [0.1, 0.15) is 5.21 Å². The van der Waals surface area contributed by atoms with Crippen molar-refractivity contribution in [2.24, 2.45) is 5.92 Å². The summed E-state index contributed by atoms with van der Waals surface area (Å²) in [6.07, 6.45) is 0. The maximum atomic E-state index is 11.5. The first-order valence-corrected chi connectivity index (χ1v) is 7.50. The normalized spacial score (nSPS) is 11.3. The van der Waals surface area contributed by atoms with E-state index in [2.05, 4.69) is 10.0 Å². The van der Waals surface area contributed by atoms with E-state index in [0.717, 1.165) is 0 Å². The molecular formula is C11H15ClN2O3S. The van der Waals surface area contributed by atoms with E-state index < -0.39 is 15.2 Å². The van der Waals surface area contributed by atoms with Gasteiger partial charge >= 0.3 is 0 Å². The zero-order valence-electron chi connectivity index (χ0n) is 10.1. The monoisotopic (exact) mass is 290 g/mol. The Morgan fingerprint density at radius 2 is 1.94 bits per heavy atom. The van der Waals surface area contributed by atoms with Crippen molar-refractivity contribution >= 4 is 38.9 Å². The number of hydrogen-bond acceptors (Lipinski definition) is 3. The van der Waals surface area contributed by atoms with Gasteiger partial charge in [0.25, 0.3) is 0 Å². The Labute approximate surface area is 112 Å². The van der Waals surface area contributed by atoms with Gasteiger partial charge in [-0.15, -0.1) is 11.6 Å². The topological polar surface area (TPSA) is 75.3 Å². The lowest BCUT2D eigenvalue weighted by molar-refractivity contribution is -0.118. The van der Waals surface area contributed by atoms with E-state index in [-0.39, 0.29) is 11.8 Å². The van der Waals surface area contributed by atoms with Crippen molar-refractivity contribution in [3.05, 3.63) is 24.3 Å². The van der Waals surface area contributed by atoms with E-state index in [9.17, 15) is 13.2 Å². The van der Waals surface area contributed by atoms with E-state index in [4.69, 9.17) is 11.6 Å². The van der Waals surface area contributed by atoms with Crippen LogP contribution in [0, 0.1) is 5.92 Å². The van der Waals surface area contributed by atoms with Gasteiger partial charge in [0.05, 0.1) is 5.69 Å². The summed E-state index contributed by atoms with van der Waals surface area (Å²) in [5.41, 5.74) is 0.890. The third-order valence-electron chi connectivity index (χ3n) is 2.07. The van der Waals surface area contributed by atoms with Crippen LogP contribution < -0.4 is 10.0 Å². The molecule has 1 amide bonds. The highest BCUT2D eigenvalue weighted by atomic mass is 35.5. The Kier molecular flexibility index (Phi) is 4.98. The fourth-order valence-electron chi connectivity index (χ4n) is 1.15. The van der Waals surface area contributed by atoms with E-state index in [1.165, 1.54) is 6.07 Å². The number of carbonyl (C=O) groups excluding carboxylic acids is 1. The average molecular weight is 291 g/mol. The SMILES string of the molecule is CC(C)C(=O)Nc1cccc(NS(=O)(=O)CCl)c1. The molecule has 5 nitrogen and oxygen atoms in total. The summed E-state index contributed by atoms with van der Waals surface area (Å²) in [6, 6.07) is 6.43. The van der Waals surface area contributed by atoms with Crippen molar-refractivity contribution in [2.75, 3.05) is 15.3 Å². The molecule has 100 valence electrons. The van der Waals surface area contributed by atoms with Crippen LogP contribution in [-0.4, -0.2) is 19.5 Å². The number of benzene rings is 1. The highest BCUT2D eigenvalue weighted by Gasteiger charge is 2.10. The number of sulfonamides is 1. The molecule has 0 spiro atoms. The molecular weight excluding hydrogens is 276 g/mol. The lowest BCUT2D eigenvalue weighted by Crippen LogP contribution is -2.18. The van der Waals surface area contributed by atoms with E-state index >= 15 is 0 Å². The van der Waals surface area contributed by atoms with Crippen molar-refractivity contribution in [3.63, 3.8) is 0 Å². The quantitative estimate of drug-likeness (QED) is 0.817. The molecule has 0 aliphatic heterocycles. The Hall–Kier alpha value is -1.27. The van der Waals surface area contributed by atoms with Crippen LogP contribution in [0.5, 0.6) is 0 Å². The van der Waals surface area contributed by atoms with E-state index in [0.29, 0.717) is 11.4 Å². The summed E-state index contributed by atoms with van der Waals surface area (Å²) < 4.78 is 24.9. The van der Waals surface area contributed by atoms with Gasteiger partial charge in [0, 0.05) is 11.6 Å². The van der Waals surface area contributed by atoms with Crippen LogP contribution in [0.1, 0.15) is 13.8 Å². The van der Waals surface area contributed by atoms with Crippen molar-refractivity contribution in [3.8, 4) is 0 Å². The second-order valence-electron chi connectivity index (χ2n) is 4.05. The first kappa shape index (κ1) is 14.8. The molecule has 0 saturated heterocycles. The molecule has 0 bridgehead atoms. The third-order valence-corrected chi connectivity index (χ3v) is 3.77. The number of anilines is 2. The highest BCUT2D eigenvalue weighted by molar-refractivity contribution is 7.93. The van der Waals surface area contributed by atoms with Crippen LogP contribution in [0.15, 0.2) is 24.3 Å². The van der Waals surface area contributed by atoms with Crippen LogP contribution in [0.3, 0.4) is 0 Å². The highest BCUT2D eigenvalue weighted by Crippen LogP contribution is 2.17. The smallest absolute Gasteiger partial charge is 0.246 e. The van der Waals surface area contributed by atoms with Crippen LogP contribution in [-0.2, 0) is 14.8 Å². The Balaban J connectivity index is 2.83. The molecule has 1 aromatic carbocycles. The first-order chi connectivity index (χ1) is 8.34. The molecule has 0 unspecified atom stereocenters. The van der Waals surface area contributed by atoms with Gasteiger partial charge in [0.2, 0.25) is 15.9 Å². The molecule has 18 heavy (non-hydrogen) atoms. The van der Waals surface area contributed by atoms with Crippen LogP contribution in [0.4, 0.5) is 11.4 Å². The minimum Gasteiger partial charge on any atom is -0.326 e. The lowest BCUT2D eigenvalue weighted by atomic mass is 10.2. The summed E-state index contributed by atoms with van der Waals surface area (Å²) in [5.74, 6) is -0.277. The molecule has 7 heteroatoms. The molecule has 0 aromatic heterocycles. The predicted octanol–water partition coefficient (Wildman–Crippen LogP) is 2.22. The largest absolute Gasteiger partial charge is 0.326 e. The minimum absolute atomic E-state index is 0.132. The van der Waals surface area contributed by atoms with Gasteiger partial charge in [-0.25, -0.2) is 8.42 Å². The van der Waals surface area contributed by atoms with Gasteiger partial charge in [-0.2, -0.15) is 0 Å². The van der Waals surface area contributed by atoms with Gasteiger partial charge in [-0.3, -0.25) is 9.52 Å². The number of hydrogen-bond donors (Lipinski definition) is 2. The van der Waals surface area contributed by atoms with Crippen LogP contribution >= 0.6 is 11.6 Å². The maximum Gasteiger partial charge on any atom is 0.246 e. The van der Waals surface area contributed by atoms with Crippen molar-refractivity contribution in [1.29, 1.82) is 0 Å². The third kappa shape index (κ3) is 4.54. The lowest BCUT2D eigenvalue weighted by Gasteiger charge is -2.10. The Morgan fingerprint density at radius 3 is 2.50 bits per heavy atom. The van der Waals surface area contributed by atoms with Crippen molar-refractivity contribution in [1.82, 2.24) is 0 Å². The zero-order valence-corrected chi connectivity index (χ0v) is 11.7. The number of carbonyl (C=O) groups is 1. The molecule has 1 rings (SSSR count). The molecule has 0 atom stereocenters. The summed E-state index contributed by atoms with van der Waals surface area (Å²) in [5, 5.41) is 2.16. The molecule has 0 aliphatic carbocycles. The predicted molar refractivity (Wildman–Crippen MR) is 73.2 cm³/mol. The van der Waals surface area contributed by atoms with Crippen molar-refractivity contribution in [2.45, 2.75) is 13.8 Å². The van der Waals surface area contributed by atoms with Gasteiger partial charge in [-0.1, -0.05) is 19.9 Å². The first-order valence-electron chi connectivity index (χ1n) is 5.31. The molecule has 0 radical (unpaired) electrons.